The zero-order valence-corrected chi connectivity index (χ0v) is 14.2. The second-order valence-corrected chi connectivity index (χ2v) is 10.1. The standard InChI is InChI=1S/C14H20N2O4S2/c1-21(17,18)12-5-6-13(14(7-12)22(2,19)20)16-10-3-4-11(16)9-15-8-10/h5-7,10-11,15H,3-4,8-9H2,1-2H3. The minimum Gasteiger partial charge on any atom is -0.362 e. The van der Waals surface area contributed by atoms with Crippen molar-refractivity contribution in [3.05, 3.63) is 18.2 Å². The topological polar surface area (TPSA) is 83.6 Å². The first-order valence-corrected chi connectivity index (χ1v) is 11.0. The number of piperazine rings is 1. The highest BCUT2D eigenvalue weighted by Gasteiger charge is 2.38. The fourth-order valence-electron chi connectivity index (χ4n) is 3.41. The van der Waals surface area contributed by atoms with Crippen LogP contribution in [0.3, 0.4) is 0 Å². The Morgan fingerprint density at radius 1 is 1.00 bits per heavy atom. The lowest BCUT2D eigenvalue weighted by molar-refractivity contribution is 0.482. The Kier molecular flexibility index (Phi) is 3.73. The molecule has 1 aromatic rings. The van der Waals surface area contributed by atoms with E-state index in [9.17, 15) is 16.8 Å². The van der Waals surface area contributed by atoms with E-state index in [4.69, 9.17) is 0 Å². The van der Waals surface area contributed by atoms with Gasteiger partial charge in [-0.1, -0.05) is 0 Å². The van der Waals surface area contributed by atoms with E-state index in [-0.39, 0.29) is 21.9 Å². The van der Waals surface area contributed by atoms with Crippen LogP contribution in [0.1, 0.15) is 12.8 Å². The summed E-state index contributed by atoms with van der Waals surface area (Å²) in [5.74, 6) is 0. The van der Waals surface area contributed by atoms with Gasteiger partial charge >= 0.3 is 0 Å². The summed E-state index contributed by atoms with van der Waals surface area (Å²) in [7, 11) is -6.95. The molecule has 0 saturated carbocycles. The van der Waals surface area contributed by atoms with Gasteiger partial charge in [-0.25, -0.2) is 16.8 Å². The predicted molar refractivity (Wildman–Crippen MR) is 84.8 cm³/mol. The van der Waals surface area contributed by atoms with Crippen molar-refractivity contribution in [1.82, 2.24) is 5.32 Å². The molecule has 2 heterocycles. The van der Waals surface area contributed by atoms with Gasteiger partial charge in [0.2, 0.25) is 0 Å². The summed E-state index contributed by atoms with van der Waals surface area (Å²) >= 11 is 0. The second-order valence-electron chi connectivity index (χ2n) is 6.12. The van der Waals surface area contributed by atoms with Gasteiger partial charge in [-0.05, 0) is 31.0 Å². The van der Waals surface area contributed by atoms with Crippen molar-refractivity contribution in [2.24, 2.45) is 0 Å². The van der Waals surface area contributed by atoms with E-state index >= 15 is 0 Å². The third kappa shape index (κ3) is 2.75. The summed E-state index contributed by atoms with van der Waals surface area (Å²) in [5, 5.41) is 3.35. The van der Waals surface area contributed by atoms with E-state index in [1.807, 2.05) is 0 Å². The fourth-order valence-corrected chi connectivity index (χ4v) is 5.02. The molecule has 6 nitrogen and oxygen atoms in total. The molecule has 0 aromatic heterocycles. The second kappa shape index (κ2) is 5.21. The van der Waals surface area contributed by atoms with Gasteiger partial charge in [0.05, 0.1) is 15.5 Å². The van der Waals surface area contributed by atoms with Crippen LogP contribution < -0.4 is 10.2 Å². The number of hydrogen-bond acceptors (Lipinski definition) is 6. The third-order valence-electron chi connectivity index (χ3n) is 4.42. The Balaban J connectivity index is 2.16. The summed E-state index contributed by atoms with van der Waals surface area (Å²) in [6.45, 7) is 1.65. The Bertz CT molecular complexity index is 786. The first-order valence-electron chi connectivity index (χ1n) is 7.21. The molecule has 22 heavy (non-hydrogen) atoms. The highest BCUT2D eigenvalue weighted by molar-refractivity contribution is 7.91. The zero-order chi connectivity index (χ0) is 16.1. The number of nitrogens with one attached hydrogen (secondary N) is 1. The first kappa shape index (κ1) is 15.8. The summed E-state index contributed by atoms with van der Waals surface area (Å²) in [6, 6.07) is 4.97. The van der Waals surface area contributed by atoms with E-state index in [0.29, 0.717) is 5.69 Å². The van der Waals surface area contributed by atoms with E-state index in [1.165, 1.54) is 12.1 Å². The minimum atomic E-state index is -3.51. The summed E-state index contributed by atoms with van der Waals surface area (Å²) in [4.78, 5) is 2.30. The SMILES string of the molecule is CS(=O)(=O)c1ccc(N2C3CCC2CNC3)c(S(C)(=O)=O)c1. The Hall–Kier alpha value is -1.12. The average Bonchev–Trinajstić information content (AvgIpc) is 2.65. The van der Waals surface area contributed by atoms with Gasteiger partial charge < -0.3 is 10.2 Å². The molecule has 2 atom stereocenters. The Labute approximate surface area is 131 Å². The number of rotatable bonds is 3. The molecule has 2 bridgehead atoms. The quantitative estimate of drug-likeness (QED) is 0.856. The molecular formula is C14H20N2O4S2. The molecule has 0 aliphatic carbocycles. The van der Waals surface area contributed by atoms with Gasteiger partial charge in [0.1, 0.15) is 0 Å². The van der Waals surface area contributed by atoms with Crippen LogP contribution in [-0.2, 0) is 19.7 Å². The molecule has 1 aromatic carbocycles. The van der Waals surface area contributed by atoms with Crippen molar-refractivity contribution in [3.63, 3.8) is 0 Å². The van der Waals surface area contributed by atoms with Crippen LogP contribution in [0.5, 0.6) is 0 Å². The van der Waals surface area contributed by atoms with Gasteiger partial charge in [-0.15, -0.1) is 0 Å². The van der Waals surface area contributed by atoms with Crippen LogP contribution in [0, 0.1) is 0 Å². The Morgan fingerprint density at radius 2 is 1.59 bits per heavy atom. The van der Waals surface area contributed by atoms with E-state index < -0.39 is 19.7 Å². The molecule has 2 unspecified atom stereocenters. The maximum Gasteiger partial charge on any atom is 0.177 e. The number of anilines is 1. The molecule has 2 aliphatic heterocycles. The number of benzene rings is 1. The third-order valence-corrected chi connectivity index (χ3v) is 6.65. The molecule has 8 heteroatoms. The van der Waals surface area contributed by atoms with Gasteiger partial charge in [0.15, 0.2) is 19.7 Å². The highest BCUT2D eigenvalue weighted by atomic mass is 32.2. The van der Waals surface area contributed by atoms with Crippen LogP contribution in [0.2, 0.25) is 0 Å². The van der Waals surface area contributed by atoms with Gasteiger partial charge in [-0.2, -0.15) is 0 Å². The monoisotopic (exact) mass is 344 g/mol. The van der Waals surface area contributed by atoms with Crippen LogP contribution in [-0.4, -0.2) is 54.5 Å². The molecular weight excluding hydrogens is 324 g/mol. The van der Waals surface area contributed by atoms with Crippen molar-refractivity contribution < 1.29 is 16.8 Å². The maximum absolute atomic E-state index is 12.2. The molecule has 0 radical (unpaired) electrons. The lowest BCUT2D eigenvalue weighted by atomic mass is 10.1. The lowest BCUT2D eigenvalue weighted by Crippen LogP contribution is -2.52. The average molecular weight is 344 g/mol. The first-order chi connectivity index (χ1) is 10.2. The fraction of sp³-hybridized carbons (Fsp3) is 0.571. The van der Waals surface area contributed by atoms with E-state index in [0.717, 1.165) is 38.4 Å². The van der Waals surface area contributed by atoms with Gasteiger partial charge in [-0.3, -0.25) is 0 Å². The number of sulfone groups is 2. The summed E-state index contributed by atoms with van der Waals surface area (Å²) in [6.07, 6.45) is 4.26. The summed E-state index contributed by atoms with van der Waals surface area (Å²) < 4.78 is 47.8. The largest absolute Gasteiger partial charge is 0.362 e. The molecule has 2 aliphatic rings. The summed E-state index contributed by atoms with van der Waals surface area (Å²) in [5.41, 5.74) is 0.629. The molecule has 122 valence electrons. The van der Waals surface area contributed by atoms with Crippen LogP contribution in [0.25, 0.3) is 0 Å². The molecule has 3 rings (SSSR count). The zero-order valence-electron chi connectivity index (χ0n) is 12.6. The number of nitrogens with zero attached hydrogens (tertiary/aromatic N) is 1. The molecule has 2 fully saturated rings. The lowest BCUT2D eigenvalue weighted by Gasteiger charge is -2.38. The van der Waals surface area contributed by atoms with Gasteiger partial charge in [0, 0.05) is 37.7 Å². The van der Waals surface area contributed by atoms with Crippen molar-refractivity contribution in [2.75, 3.05) is 30.5 Å². The van der Waals surface area contributed by atoms with Crippen LogP contribution >= 0.6 is 0 Å². The van der Waals surface area contributed by atoms with E-state index in [2.05, 4.69) is 10.2 Å². The smallest absolute Gasteiger partial charge is 0.177 e. The molecule has 1 N–H and O–H groups in total. The minimum absolute atomic E-state index is 0.0409. The molecule has 2 saturated heterocycles. The van der Waals surface area contributed by atoms with Crippen molar-refractivity contribution in [3.8, 4) is 0 Å². The Morgan fingerprint density at radius 3 is 2.09 bits per heavy atom. The van der Waals surface area contributed by atoms with Crippen molar-refractivity contribution in [2.45, 2.75) is 34.7 Å². The number of fused-ring (bicyclic) bond motifs is 2. The van der Waals surface area contributed by atoms with Gasteiger partial charge in [0.25, 0.3) is 0 Å². The van der Waals surface area contributed by atoms with Crippen molar-refractivity contribution in [1.29, 1.82) is 0 Å². The molecule has 0 amide bonds. The van der Waals surface area contributed by atoms with Crippen molar-refractivity contribution >= 4 is 25.4 Å². The van der Waals surface area contributed by atoms with Crippen LogP contribution in [0.15, 0.2) is 28.0 Å². The highest BCUT2D eigenvalue weighted by Crippen LogP contribution is 2.37. The molecule has 0 spiro atoms. The van der Waals surface area contributed by atoms with E-state index in [1.54, 1.807) is 6.07 Å². The normalized spacial score (nSPS) is 25.5. The maximum atomic E-state index is 12.2. The predicted octanol–water partition coefficient (Wildman–Crippen LogP) is 0.434. The van der Waals surface area contributed by atoms with Crippen LogP contribution in [0.4, 0.5) is 5.69 Å². The number of hydrogen-bond donors (Lipinski definition) is 1.